The molecule has 12 heteroatoms. The van der Waals surface area contributed by atoms with Gasteiger partial charge in [0.25, 0.3) is 5.91 Å². The van der Waals surface area contributed by atoms with Crippen LogP contribution in [0.25, 0.3) is 0 Å². The van der Waals surface area contributed by atoms with E-state index < -0.39 is 33.2 Å². The molecule has 1 aromatic rings. The van der Waals surface area contributed by atoms with E-state index in [1.165, 1.54) is 21.3 Å². The van der Waals surface area contributed by atoms with Crippen molar-refractivity contribution < 1.29 is 37.1 Å². The molecule has 0 radical (unpaired) electrons. The molecule has 3 heterocycles. The number of carbonyl (C=O) groups is 2. The fourth-order valence-corrected chi connectivity index (χ4v) is 7.21. The SMILES string of the molecule is O=C(OC1CCOC1)N1CCC(CS(=O)(=O)N2CCC(c3ccc(F)cc3)CC2)(C(=O)NO)CC1. The summed E-state index contributed by atoms with van der Waals surface area (Å²) in [7, 11) is -3.82. The first kappa shape index (κ1) is 25.8. The molecule has 1 aromatic carbocycles. The van der Waals surface area contributed by atoms with Gasteiger partial charge in [-0.2, -0.15) is 0 Å². The molecule has 194 valence electrons. The molecule has 3 fully saturated rings. The number of amides is 2. The zero-order chi connectivity index (χ0) is 25.1. The maximum Gasteiger partial charge on any atom is 0.410 e. The number of ether oxygens (including phenoxy) is 2. The van der Waals surface area contributed by atoms with E-state index in [1.54, 1.807) is 17.6 Å². The van der Waals surface area contributed by atoms with E-state index in [0.29, 0.717) is 45.6 Å². The Labute approximate surface area is 204 Å². The first-order valence-electron chi connectivity index (χ1n) is 11.9. The van der Waals surface area contributed by atoms with Crippen LogP contribution in [0.1, 0.15) is 43.6 Å². The fourth-order valence-electron chi connectivity index (χ4n) is 5.14. The monoisotopic (exact) mass is 513 g/mol. The number of likely N-dealkylation sites (tertiary alicyclic amines) is 1. The topological polar surface area (TPSA) is 125 Å². The molecule has 0 saturated carbocycles. The van der Waals surface area contributed by atoms with Gasteiger partial charge in [0.1, 0.15) is 11.9 Å². The highest BCUT2D eigenvalue weighted by molar-refractivity contribution is 7.89. The number of hydrogen-bond donors (Lipinski definition) is 2. The van der Waals surface area contributed by atoms with Gasteiger partial charge in [-0.25, -0.2) is 27.4 Å². The van der Waals surface area contributed by atoms with E-state index in [4.69, 9.17) is 9.47 Å². The number of piperidine rings is 2. The molecular formula is C23H32FN3O7S. The third kappa shape index (κ3) is 5.93. The average molecular weight is 514 g/mol. The Balaban J connectivity index is 1.37. The number of carbonyl (C=O) groups excluding carboxylic acids is 2. The zero-order valence-electron chi connectivity index (χ0n) is 19.5. The fraction of sp³-hybridized carbons (Fsp3) is 0.652. The van der Waals surface area contributed by atoms with Crippen LogP contribution in [0.5, 0.6) is 0 Å². The van der Waals surface area contributed by atoms with Crippen molar-refractivity contribution in [1.29, 1.82) is 0 Å². The molecule has 0 bridgehead atoms. The summed E-state index contributed by atoms with van der Waals surface area (Å²) in [5.74, 6) is -1.39. The van der Waals surface area contributed by atoms with Gasteiger partial charge in [0.15, 0.2) is 0 Å². The van der Waals surface area contributed by atoms with Crippen LogP contribution in [0.4, 0.5) is 9.18 Å². The second-order valence-electron chi connectivity index (χ2n) is 9.56. The second-order valence-corrected chi connectivity index (χ2v) is 11.5. The van der Waals surface area contributed by atoms with Crippen molar-refractivity contribution in [2.45, 2.75) is 44.1 Å². The van der Waals surface area contributed by atoms with Crippen molar-refractivity contribution in [2.24, 2.45) is 5.41 Å². The van der Waals surface area contributed by atoms with Gasteiger partial charge in [-0.3, -0.25) is 10.0 Å². The van der Waals surface area contributed by atoms with Gasteiger partial charge in [-0.05, 0) is 49.3 Å². The molecule has 3 aliphatic heterocycles. The maximum absolute atomic E-state index is 13.3. The molecule has 1 unspecified atom stereocenters. The summed E-state index contributed by atoms with van der Waals surface area (Å²) in [5, 5.41) is 9.35. The van der Waals surface area contributed by atoms with Crippen LogP contribution in [-0.4, -0.2) is 86.1 Å². The first-order chi connectivity index (χ1) is 16.7. The summed E-state index contributed by atoms with van der Waals surface area (Å²) in [5.41, 5.74) is 1.26. The zero-order valence-corrected chi connectivity index (χ0v) is 20.3. The normalized spacial score (nSPS) is 23.7. The lowest BCUT2D eigenvalue weighted by Gasteiger charge is -2.41. The molecule has 0 aromatic heterocycles. The molecular weight excluding hydrogens is 481 g/mol. The van der Waals surface area contributed by atoms with Crippen LogP contribution in [0, 0.1) is 11.2 Å². The van der Waals surface area contributed by atoms with E-state index >= 15 is 0 Å². The summed E-state index contributed by atoms with van der Waals surface area (Å²) in [6.07, 6.45) is 1.18. The number of hydrogen-bond acceptors (Lipinski definition) is 7. The summed E-state index contributed by atoms with van der Waals surface area (Å²) in [6, 6.07) is 6.26. The molecule has 1 atom stereocenters. The molecule has 4 rings (SSSR count). The van der Waals surface area contributed by atoms with E-state index in [-0.39, 0.29) is 43.8 Å². The van der Waals surface area contributed by atoms with Crippen molar-refractivity contribution in [3.63, 3.8) is 0 Å². The van der Waals surface area contributed by atoms with Crippen molar-refractivity contribution in [3.8, 4) is 0 Å². The minimum atomic E-state index is -3.82. The highest BCUT2D eigenvalue weighted by Crippen LogP contribution is 2.36. The lowest BCUT2D eigenvalue weighted by molar-refractivity contribution is -0.141. The number of nitrogens with zero attached hydrogens (tertiary/aromatic N) is 2. The summed E-state index contributed by atoms with van der Waals surface area (Å²) < 4.78 is 51.8. The van der Waals surface area contributed by atoms with Crippen molar-refractivity contribution in [2.75, 3.05) is 45.1 Å². The number of hydroxylamine groups is 1. The lowest BCUT2D eigenvalue weighted by atomic mass is 9.79. The smallest absolute Gasteiger partial charge is 0.410 e. The predicted octanol–water partition coefficient (Wildman–Crippen LogP) is 1.85. The molecule has 3 aliphatic rings. The Kier molecular flexibility index (Phi) is 7.94. The van der Waals surface area contributed by atoms with Gasteiger partial charge >= 0.3 is 6.09 Å². The minimum absolute atomic E-state index is 0.0843. The summed E-state index contributed by atoms with van der Waals surface area (Å²) in [4.78, 5) is 26.6. The van der Waals surface area contributed by atoms with E-state index in [2.05, 4.69) is 0 Å². The van der Waals surface area contributed by atoms with Crippen molar-refractivity contribution in [3.05, 3.63) is 35.6 Å². The predicted molar refractivity (Wildman–Crippen MR) is 123 cm³/mol. The third-order valence-corrected chi connectivity index (χ3v) is 9.43. The van der Waals surface area contributed by atoms with Crippen LogP contribution in [0.15, 0.2) is 24.3 Å². The van der Waals surface area contributed by atoms with Crippen molar-refractivity contribution >= 4 is 22.0 Å². The standard InChI is InChI=1S/C23H32FN3O7S/c24-19-3-1-17(2-4-19)18-5-10-27(11-6-18)35(31,32)16-23(21(28)25-30)8-12-26(13-9-23)22(29)34-20-7-14-33-15-20/h1-4,18,20,30H,5-16H2,(H,25,28). The van der Waals surface area contributed by atoms with E-state index in [0.717, 1.165) is 5.56 Å². The van der Waals surface area contributed by atoms with E-state index in [1.807, 2.05) is 0 Å². The van der Waals surface area contributed by atoms with Crippen LogP contribution < -0.4 is 5.48 Å². The largest absolute Gasteiger partial charge is 0.444 e. The number of sulfonamides is 1. The van der Waals surface area contributed by atoms with Gasteiger partial charge in [-0.15, -0.1) is 0 Å². The Bertz CT molecular complexity index is 998. The Morgan fingerprint density at radius 3 is 2.34 bits per heavy atom. The number of benzene rings is 1. The highest BCUT2D eigenvalue weighted by atomic mass is 32.2. The number of nitrogens with one attached hydrogen (secondary N) is 1. The quantitative estimate of drug-likeness (QED) is 0.439. The Morgan fingerprint density at radius 2 is 1.77 bits per heavy atom. The van der Waals surface area contributed by atoms with Gasteiger partial charge in [0, 0.05) is 32.6 Å². The minimum Gasteiger partial charge on any atom is -0.444 e. The highest BCUT2D eigenvalue weighted by Gasteiger charge is 2.47. The third-order valence-electron chi connectivity index (χ3n) is 7.36. The molecule has 0 aliphatic carbocycles. The molecule has 0 spiro atoms. The van der Waals surface area contributed by atoms with Gasteiger partial charge in [0.05, 0.1) is 24.4 Å². The summed E-state index contributed by atoms with van der Waals surface area (Å²) >= 11 is 0. The van der Waals surface area contributed by atoms with Gasteiger partial charge in [-0.1, -0.05) is 12.1 Å². The second kappa shape index (κ2) is 10.8. The molecule has 3 saturated heterocycles. The van der Waals surface area contributed by atoms with Crippen molar-refractivity contribution in [1.82, 2.24) is 14.7 Å². The number of halogens is 1. The molecule has 2 N–H and O–H groups in total. The van der Waals surface area contributed by atoms with Crippen LogP contribution in [0.2, 0.25) is 0 Å². The molecule has 10 nitrogen and oxygen atoms in total. The van der Waals surface area contributed by atoms with Gasteiger partial charge < -0.3 is 14.4 Å². The lowest BCUT2D eigenvalue weighted by Crippen LogP contribution is -2.55. The van der Waals surface area contributed by atoms with E-state index in [9.17, 15) is 27.6 Å². The van der Waals surface area contributed by atoms with Crippen LogP contribution in [-0.2, 0) is 24.3 Å². The first-order valence-corrected chi connectivity index (χ1v) is 13.5. The van der Waals surface area contributed by atoms with Crippen LogP contribution in [0.3, 0.4) is 0 Å². The molecule has 2 amide bonds. The Morgan fingerprint density at radius 1 is 1.11 bits per heavy atom. The Hall–Kier alpha value is -2.28. The summed E-state index contributed by atoms with van der Waals surface area (Å²) in [6.45, 7) is 1.76. The average Bonchev–Trinajstić information content (AvgIpc) is 3.37. The molecule has 35 heavy (non-hydrogen) atoms. The van der Waals surface area contributed by atoms with Crippen LogP contribution >= 0.6 is 0 Å². The maximum atomic E-state index is 13.3. The number of rotatable bonds is 6. The van der Waals surface area contributed by atoms with Gasteiger partial charge in [0.2, 0.25) is 10.0 Å².